The van der Waals surface area contributed by atoms with Crippen LogP contribution in [0.1, 0.15) is 102 Å². The molecule has 0 saturated heterocycles. The van der Waals surface area contributed by atoms with Gasteiger partial charge in [0.05, 0.1) is 0 Å². The Bertz CT molecular complexity index is 2140. The van der Waals surface area contributed by atoms with Gasteiger partial charge in [-0.1, -0.05) is 47.5 Å². The number of nitrogens with zero attached hydrogens (tertiary/aromatic N) is 2. The Kier molecular flexibility index (Phi) is 12.1. The molecule has 5 rings (SSSR count). The zero-order chi connectivity index (χ0) is 40.4. The standard InChI is InChI=1S/C41H38F8N2O4/c1-7-19-41(6,20-8-2)55-24-17-13-22(14-18-24)36(52)21-11-15-23(16-12-21)53-37-34(48)30(44)26(31(45)35(37)49)39-51-50-38(54-39)25-28(42)32(46)27(33(47)29(25)43)40(5,9-3)10-4/h11-18H,7-10,19-20H2,1-6H3. The second kappa shape index (κ2) is 16.2. The van der Waals surface area contributed by atoms with Crippen molar-refractivity contribution in [2.24, 2.45) is 0 Å². The number of carbonyl (C=O) groups excluding carboxylic acids is 1. The zero-order valence-corrected chi connectivity index (χ0v) is 30.9. The molecule has 5 aromatic rings. The van der Waals surface area contributed by atoms with Crippen LogP contribution in [0.4, 0.5) is 35.1 Å². The van der Waals surface area contributed by atoms with E-state index >= 15 is 35.1 Å². The van der Waals surface area contributed by atoms with E-state index in [1.54, 1.807) is 38.1 Å². The first-order valence-electron chi connectivity index (χ1n) is 17.7. The number of rotatable bonds is 15. The summed E-state index contributed by atoms with van der Waals surface area (Å²) in [6.45, 7) is 10.7. The van der Waals surface area contributed by atoms with Crippen LogP contribution in [-0.2, 0) is 5.41 Å². The van der Waals surface area contributed by atoms with E-state index in [0.717, 1.165) is 37.8 Å². The van der Waals surface area contributed by atoms with Crippen LogP contribution < -0.4 is 9.47 Å². The fraction of sp³-hybridized carbons (Fsp3) is 0.341. The molecule has 0 fully saturated rings. The summed E-state index contributed by atoms with van der Waals surface area (Å²) in [5.41, 5.74) is -5.09. The second-order valence-corrected chi connectivity index (χ2v) is 13.7. The van der Waals surface area contributed by atoms with Gasteiger partial charge in [0.25, 0.3) is 11.8 Å². The van der Waals surface area contributed by atoms with Gasteiger partial charge < -0.3 is 13.9 Å². The summed E-state index contributed by atoms with van der Waals surface area (Å²) in [4.78, 5) is 13.1. The fourth-order valence-corrected chi connectivity index (χ4v) is 6.47. The van der Waals surface area contributed by atoms with Gasteiger partial charge in [0.1, 0.15) is 28.2 Å². The molecule has 0 amide bonds. The highest BCUT2D eigenvalue weighted by Gasteiger charge is 2.38. The number of hydrogen-bond donors (Lipinski definition) is 0. The smallest absolute Gasteiger partial charge is 0.254 e. The first-order chi connectivity index (χ1) is 26.0. The van der Waals surface area contributed by atoms with Crippen LogP contribution in [0.5, 0.6) is 17.2 Å². The predicted molar refractivity (Wildman–Crippen MR) is 188 cm³/mol. The Labute approximate surface area is 312 Å². The van der Waals surface area contributed by atoms with Crippen molar-refractivity contribution in [3.05, 3.63) is 112 Å². The van der Waals surface area contributed by atoms with E-state index in [2.05, 4.69) is 24.0 Å². The maximum Gasteiger partial charge on any atom is 0.254 e. The van der Waals surface area contributed by atoms with E-state index in [1.165, 1.54) is 19.1 Å². The SMILES string of the molecule is CCCC(C)(CCC)Oc1ccc(C(=O)c2ccc(Oc3c(F)c(F)c(-c4nnc(-c5c(F)c(F)c(C(C)(CC)CC)c(F)c5F)o4)c(F)c3F)cc2)cc1. The van der Waals surface area contributed by atoms with Crippen molar-refractivity contribution in [2.45, 2.75) is 91.1 Å². The van der Waals surface area contributed by atoms with Crippen LogP contribution in [-0.4, -0.2) is 21.6 Å². The molecule has 0 aliphatic rings. The molecule has 0 unspecified atom stereocenters. The molecule has 0 bridgehead atoms. The molecule has 4 aromatic carbocycles. The Balaban J connectivity index is 1.38. The maximum atomic E-state index is 15.3. The zero-order valence-electron chi connectivity index (χ0n) is 30.9. The molecule has 0 spiro atoms. The monoisotopic (exact) mass is 774 g/mol. The first kappa shape index (κ1) is 40.9. The van der Waals surface area contributed by atoms with E-state index in [1.807, 2.05) is 6.92 Å². The molecule has 1 heterocycles. The Morgan fingerprint density at radius 3 is 1.40 bits per heavy atom. The number of carbonyl (C=O) groups is 1. The van der Waals surface area contributed by atoms with E-state index in [0.29, 0.717) is 11.3 Å². The normalized spacial score (nSPS) is 12.0. The lowest BCUT2D eigenvalue weighted by Crippen LogP contribution is -2.31. The average molecular weight is 775 g/mol. The number of halogens is 8. The summed E-state index contributed by atoms with van der Waals surface area (Å²) in [6.07, 6.45) is 3.83. The number of ketones is 1. The molecule has 0 aliphatic heterocycles. The van der Waals surface area contributed by atoms with Crippen molar-refractivity contribution >= 4 is 5.78 Å². The van der Waals surface area contributed by atoms with Gasteiger partial charge in [-0.25, -0.2) is 26.3 Å². The third kappa shape index (κ3) is 7.81. The van der Waals surface area contributed by atoms with Crippen LogP contribution in [0, 0.1) is 46.5 Å². The third-order valence-corrected chi connectivity index (χ3v) is 9.88. The van der Waals surface area contributed by atoms with Gasteiger partial charge >= 0.3 is 0 Å². The molecule has 6 nitrogen and oxygen atoms in total. The van der Waals surface area contributed by atoms with Crippen molar-refractivity contribution in [1.82, 2.24) is 10.2 Å². The number of ether oxygens (including phenoxy) is 2. The Morgan fingerprint density at radius 2 is 1.00 bits per heavy atom. The highest BCUT2D eigenvalue weighted by Crippen LogP contribution is 2.42. The van der Waals surface area contributed by atoms with Gasteiger partial charge in [0.2, 0.25) is 17.4 Å². The van der Waals surface area contributed by atoms with Crippen LogP contribution >= 0.6 is 0 Å². The third-order valence-electron chi connectivity index (χ3n) is 9.88. The average Bonchev–Trinajstić information content (AvgIpc) is 3.64. The first-order valence-corrected chi connectivity index (χ1v) is 17.7. The summed E-state index contributed by atoms with van der Waals surface area (Å²) in [5, 5.41) is 6.46. The Morgan fingerprint density at radius 1 is 0.600 bits per heavy atom. The Hall–Kier alpha value is -5.27. The van der Waals surface area contributed by atoms with Gasteiger partial charge in [-0.2, -0.15) is 8.78 Å². The quantitative estimate of drug-likeness (QED) is 0.0599. The minimum absolute atomic E-state index is 0.115. The summed E-state index contributed by atoms with van der Waals surface area (Å²) in [7, 11) is 0. The van der Waals surface area contributed by atoms with Gasteiger partial charge in [-0.15, -0.1) is 10.2 Å². The molecule has 0 N–H and O–H groups in total. The molecular formula is C41H38F8N2O4. The van der Waals surface area contributed by atoms with Gasteiger partial charge in [0.15, 0.2) is 40.7 Å². The van der Waals surface area contributed by atoms with Gasteiger partial charge in [0, 0.05) is 16.7 Å². The highest BCUT2D eigenvalue weighted by atomic mass is 19.2. The number of benzene rings is 4. The van der Waals surface area contributed by atoms with Crippen molar-refractivity contribution in [3.63, 3.8) is 0 Å². The van der Waals surface area contributed by atoms with E-state index in [-0.39, 0.29) is 29.8 Å². The summed E-state index contributed by atoms with van der Waals surface area (Å²) in [6, 6.07) is 11.4. The fourth-order valence-electron chi connectivity index (χ4n) is 6.47. The molecule has 0 saturated carbocycles. The van der Waals surface area contributed by atoms with Crippen LogP contribution in [0.15, 0.2) is 52.9 Å². The van der Waals surface area contributed by atoms with Crippen molar-refractivity contribution in [2.75, 3.05) is 0 Å². The summed E-state index contributed by atoms with van der Waals surface area (Å²) >= 11 is 0. The van der Waals surface area contributed by atoms with Crippen molar-refractivity contribution in [3.8, 4) is 40.2 Å². The van der Waals surface area contributed by atoms with Crippen molar-refractivity contribution < 1.29 is 53.8 Å². The van der Waals surface area contributed by atoms with E-state index in [9.17, 15) is 4.79 Å². The topological polar surface area (TPSA) is 74.5 Å². The molecule has 14 heteroatoms. The lowest BCUT2D eigenvalue weighted by atomic mass is 9.76. The van der Waals surface area contributed by atoms with Crippen LogP contribution in [0.2, 0.25) is 0 Å². The molecule has 55 heavy (non-hydrogen) atoms. The van der Waals surface area contributed by atoms with E-state index < -0.39 is 92.0 Å². The lowest BCUT2D eigenvalue weighted by molar-refractivity contribution is 0.0680. The lowest BCUT2D eigenvalue weighted by Gasteiger charge is -2.30. The largest absolute Gasteiger partial charge is 0.488 e. The number of hydrogen-bond acceptors (Lipinski definition) is 6. The van der Waals surface area contributed by atoms with Crippen molar-refractivity contribution in [1.29, 1.82) is 0 Å². The van der Waals surface area contributed by atoms with Crippen LogP contribution in [0.25, 0.3) is 22.9 Å². The second-order valence-electron chi connectivity index (χ2n) is 13.7. The molecular weight excluding hydrogens is 736 g/mol. The maximum absolute atomic E-state index is 15.3. The predicted octanol–water partition coefficient (Wildman–Crippen LogP) is 12.4. The summed E-state index contributed by atoms with van der Waals surface area (Å²) < 4.78 is 138. The summed E-state index contributed by atoms with van der Waals surface area (Å²) in [5.74, 6) is -19.8. The molecule has 0 atom stereocenters. The van der Waals surface area contributed by atoms with E-state index in [4.69, 9.17) is 13.9 Å². The molecule has 292 valence electrons. The minimum Gasteiger partial charge on any atom is -0.488 e. The van der Waals surface area contributed by atoms with Gasteiger partial charge in [-0.05, 0) is 86.6 Å². The van der Waals surface area contributed by atoms with Crippen LogP contribution in [0.3, 0.4) is 0 Å². The highest BCUT2D eigenvalue weighted by molar-refractivity contribution is 6.09. The van der Waals surface area contributed by atoms with Gasteiger partial charge in [-0.3, -0.25) is 4.79 Å². The molecule has 0 aliphatic carbocycles. The molecule has 0 radical (unpaired) electrons. The number of aromatic nitrogens is 2. The molecule has 1 aromatic heterocycles. The minimum atomic E-state index is -2.09.